The number of aldehydes is 1. The number of carbonyl (C=O) groups is 2. The number of carboxylic acids is 1. The number of benzene rings is 1. The third-order valence-electron chi connectivity index (χ3n) is 4.16. The molecule has 3 rings (SSSR count). The van der Waals surface area contributed by atoms with Crippen molar-refractivity contribution in [1.82, 2.24) is 15.5 Å². The maximum Gasteiger partial charge on any atom is 0.490 e. The van der Waals surface area contributed by atoms with Crippen molar-refractivity contribution in [2.45, 2.75) is 31.2 Å². The number of carboxylic acid groups (broad SMARTS) is 1. The van der Waals surface area contributed by atoms with Gasteiger partial charge >= 0.3 is 12.1 Å². The highest BCUT2D eigenvalue weighted by atomic mass is 79.9. The number of piperidine rings is 1. The van der Waals surface area contributed by atoms with Crippen LogP contribution >= 0.6 is 15.9 Å². The summed E-state index contributed by atoms with van der Waals surface area (Å²) in [5, 5.41) is 13.8. The molecule has 27 heavy (non-hydrogen) atoms. The number of rotatable bonds is 3. The minimum atomic E-state index is -5.08. The van der Waals surface area contributed by atoms with Gasteiger partial charge in [-0.05, 0) is 43.6 Å². The van der Waals surface area contributed by atoms with Crippen LogP contribution in [-0.2, 0) is 9.59 Å². The molecule has 1 unspecified atom stereocenters. The fraction of sp³-hybridized carbons (Fsp3) is 0.412. The van der Waals surface area contributed by atoms with E-state index in [9.17, 15) is 18.0 Å². The Hall–Kier alpha value is -2.07. The molecule has 3 N–H and O–H groups in total. The molecule has 2 aliphatic heterocycles. The quantitative estimate of drug-likeness (QED) is 0.615. The number of halogens is 4. The molecule has 10 heteroatoms. The van der Waals surface area contributed by atoms with Crippen LogP contribution in [-0.4, -0.2) is 53.7 Å². The molecule has 1 atom stereocenters. The number of hydrogen-bond acceptors (Lipinski definition) is 5. The van der Waals surface area contributed by atoms with Crippen LogP contribution in [0.1, 0.15) is 18.4 Å². The van der Waals surface area contributed by atoms with E-state index in [1.807, 2.05) is 12.1 Å². The lowest BCUT2D eigenvalue weighted by Gasteiger charge is -2.33. The summed E-state index contributed by atoms with van der Waals surface area (Å²) in [5.41, 5.74) is 2.13. The third kappa shape index (κ3) is 5.96. The molecule has 1 fully saturated rings. The van der Waals surface area contributed by atoms with Crippen molar-refractivity contribution in [3.05, 3.63) is 40.5 Å². The van der Waals surface area contributed by atoms with Crippen molar-refractivity contribution < 1.29 is 27.9 Å². The van der Waals surface area contributed by atoms with E-state index in [1.165, 1.54) is 0 Å². The Morgan fingerprint density at radius 1 is 1.22 bits per heavy atom. The lowest BCUT2D eigenvalue weighted by molar-refractivity contribution is -0.192. The fourth-order valence-electron chi connectivity index (χ4n) is 2.83. The molecule has 0 aliphatic carbocycles. The SMILES string of the molecule is O=C(O)C(F)(F)F.O=CC1NC(c2ccc(Br)cc2)=CN1C1CCNCC1. The van der Waals surface area contributed by atoms with Crippen molar-refractivity contribution in [3.8, 4) is 0 Å². The van der Waals surface area contributed by atoms with Crippen LogP contribution < -0.4 is 10.6 Å². The summed E-state index contributed by atoms with van der Waals surface area (Å²) in [6, 6.07) is 8.57. The molecular weight excluding hydrogens is 431 g/mol. The number of aliphatic carboxylic acids is 1. The Kier molecular flexibility index (Phi) is 7.25. The molecule has 0 bridgehead atoms. The molecule has 0 amide bonds. The number of alkyl halides is 3. The Morgan fingerprint density at radius 2 is 1.78 bits per heavy atom. The first-order chi connectivity index (χ1) is 12.7. The summed E-state index contributed by atoms with van der Waals surface area (Å²) in [4.78, 5) is 22.4. The number of hydrogen-bond donors (Lipinski definition) is 3. The lowest BCUT2D eigenvalue weighted by atomic mass is 10.1. The van der Waals surface area contributed by atoms with Gasteiger partial charge in [0.1, 0.15) is 0 Å². The Labute approximate surface area is 162 Å². The van der Waals surface area contributed by atoms with Crippen molar-refractivity contribution in [2.24, 2.45) is 0 Å². The van der Waals surface area contributed by atoms with Gasteiger partial charge in [0.2, 0.25) is 0 Å². The van der Waals surface area contributed by atoms with E-state index in [1.54, 1.807) is 0 Å². The van der Waals surface area contributed by atoms with Gasteiger partial charge in [0.15, 0.2) is 12.5 Å². The zero-order valence-electron chi connectivity index (χ0n) is 14.2. The van der Waals surface area contributed by atoms with Gasteiger partial charge in [0.25, 0.3) is 0 Å². The predicted octanol–water partition coefficient (Wildman–Crippen LogP) is 2.56. The molecule has 1 aromatic carbocycles. The summed E-state index contributed by atoms with van der Waals surface area (Å²) in [5.74, 6) is -2.76. The highest BCUT2D eigenvalue weighted by molar-refractivity contribution is 9.10. The third-order valence-corrected chi connectivity index (χ3v) is 4.69. The first kappa shape index (κ1) is 21.2. The van der Waals surface area contributed by atoms with Crippen LogP contribution in [0.3, 0.4) is 0 Å². The normalized spacial score (nSPS) is 20.2. The van der Waals surface area contributed by atoms with E-state index in [0.29, 0.717) is 6.04 Å². The summed E-state index contributed by atoms with van der Waals surface area (Å²) in [6.07, 6.45) is -0.0775. The lowest BCUT2D eigenvalue weighted by Crippen LogP contribution is -2.47. The minimum Gasteiger partial charge on any atom is -0.475 e. The Balaban J connectivity index is 0.000000321. The van der Waals surface area contributed by atoms with Gasteiger partial charge < -0.3 is 20.6 Å². The zero-order valence-corrected chi connectivity index (χ0v) is 15.8. The second-order valence-corrected chi connectivity index (χ2v) is 6.92. The first-order valence-corrected chi connectivity index (χ1v) is 8.99. The van der Waals surface area contributed by atoms with Crippen molar-refractivity contribution >= 4 is 33.9 Å². The highest BCUT2D eigenvalue weighted by Crippen LogP contribution is 2.25. The molecule has 6 nitrogen and oxygen atoms in total. The van der Waals surface area contributed by atoms with Crippen molar-refractivity contribution in [3.63, 3.8) is 0 Å². The van der Waals surface area contributed by atoms with E-state index < -0.39 is 12.1 Å². The predicted molar refractivity (Wildman–Crippen MR) is 96.5 cm³/mol. The number of nitrogens with one attached hydrogen (secondary N) is 2. The molecule has 2 heterocycles. The number of carbonyl (C=O) groups excluding carboxylic acids is 1. The topological polar surface area (TPSA) is 81.7 Å². The van der Waals surface area contributed by atoms with Gasteiger partial charge in [0.05, 0.1) is 5.70 Å². The van der Waals surface area contributed by atoms with Gasteiger partial charge in [0, 0.05) is 16.7 Å². The standard InChI is InChI=1S/C15H18BrN3O.C2HF3O2/c16-12-3-1-11(2-4-12)14-9-19(15(10-20)18-14)13-5-7-17-8-6-13;3-2(4,5)1(6)7/h1-4,9-10,13,15,17-18H,5-8H2;(H,6,7). The zero-order chi connectivity index (χ0) is 20.0. The van der Waals surface area contributed by atoms with Crippen LogP contribution in [0, 0.1) is 0 Å². The molecule has 0 radical (unpaired) electrons. The molecule has 1 aromatic rings. The van der Waals surface area contributed by atoms with E-state index in [0.717, 1.165) is 48.0 Å². The van der Waals surface area contributed by atoms with Gasteiger partial charge in [-0.25, -0.2) is 4.79 Å². The van der Waals surface area contributed by atoms with Crippen molar-refractivity contribution in [1.29, 1.82) is 0 Å². The van der Waals surface area contributed by atoms with Crippen LogP contribution in [0.5, 0.6) is 0 Å². The van der Waals surface area contributed by atoms with Gasteiger partial charge in [-0.15, -0.1) is 0 Å². The summed E-state index contributed by atoms with van der Waals surface area (Å²) >= 11 is 3.44. The summed E-state index contributed by atoms with van der Waals surface area (Å²) < 4.78 is 32.8. The van der Waals surface area contributed by atoms with Crippen LogP contribution in [0.4, 0.5) is 13.2 Å². The molecule has 0 saturated carbocycles. The second-order valence-electron chi connectivity index (χ2n) is 6.01. The summed E-state index contributed by atoms with van der Waals surface area (Å²) in [6.45, 7) is 2.04. The Morgan fingerprint density at radius 3 is 2.26 bits per heavy atom. The monoisotopic (exact) mass is 449 g/mol. The maximum absolute atomic E-state index is 11.3. The average Bonchev–Trinajstić information content (AvgIpc) is 3.07. The molecule has 1 saturated heterocycles. The molecular formula is C17H19BrF3N3O3. The van der Waals surface area contributed by atoms with Crippen LogP contribution in [0.15, 0.2) is 34.9 Å². The smallest absolute Gasteiger partial charge is 0.475 e. The van der Waals surface area contributed by atoms with E-state index in [-0.39, 0.29) is 6.17 Å². The van der Waals surface area contributed by atoms with Gasteiger partial charge in [-0.1, -0.05) is 28.1 Å². The molecule has 0 spiro atoms. The fourth-order valence-corrected chi connectivity index (χ4v) is 3.09. The highest BCUT2D eigenvalue weighted by Gasteiger charge is 2.38. The van der Waals surface area contributed by atoms with Gasteiger partial charge in [-0.2, -0.15) is 13.2 Å². The summed E-state index contributed by atoms with van der Waals surface area (Å²) in [7, 11) is 0. The van der Waals surface area contributed by atoms with Crippen LogP contribution in [0.25, 0.3) is 5.70 Å². The molecule has 2 aliphatic rings. The molecule has 148 valence electrons. The van der Waals surface area contributed by atoms with Gasteiger partial charge in [-0.3, -0.25) is 4.79 Å². The van der Waals surface area contributed by atoms with Crippen LogP contribution in [0.2, 0.25) is 0 Å². The van der Waals surface area contributed by atoms with E-state index in [4.69, 9.17) is 9.90 Å². The largest absolute Gasteiger partial charge is 0.490 e. The van der Waals surface area contributed by atoms with Crippen molar-refractivity contribution in [2.75, 3.05) is 13.1 Å². The Bertz CT molecular complexity index is 689. The average molecular weight is 450 g/mol. The minimum absolute atomic E-state index is 0.239. The number of nitrogens with zero attached hydrogens (tertiary/aromatic N) is 1. The maximum atomic E-state index is 11.3. The van der Waals surface area contributed by atoms with E-state index >= 15 is 0 Å². The van der Waals surface area contributed by atoms with E-state index in [2.05, 4.69) is 49.8 Å². The first-order valence-electron chi connectivity index (χ1n) is 8.20. The molecule has 0 aromatic heterocycles. The second kappa shape index (κ2) is 9.23.